The minimum Gasteiger partial charge on any atom is -0.502 e. The van der Waals surface area contributed by atoms with Gasteiger partial charge in [0.25, 0.3) is 5.91 Å². The Labute approximate surface area is 186 Å². The Morgan fingerprint density at radius 3 is 2.06 bits per heavy atom. The van der Waals surface area contributed by atoms with E-state index in [1.54, 1.807) is 30.3 Å². The Bertz CT molecular complexity index is 1280. The Kier molecular flexibility index (Phi) is 5.60. The van der Waals surface area contributed by atoms with Gasteiger partial charge in [-0.2, -0.15) is 0 Å². The summed E-state index contributed by atoms with van der Waals surface area (Å²) in [5, 5.41) is 10.8. The molecule has 1 amide bonds. The van der Waals surface area contributed by atoms with Crippen LogP contribution in [-0.4, -0.2) is 19.4 Å². The maximum atomic E-state index is 13.6. The van der Waals surface area contributed by atoms with Gasteiger partial charge in [-0.25, -0.2) is 12.8 Å². The predicted octanol–water partition coefficient (Wildman–Crippen LogP) is 5.28. The first kappa shape index (κ1) is 21.8. The lowest BCUT2D eigenvalue weighted by Crippen LogP contribution is -2.31. The van der Waals surface area contributed by atoms with Crippen LogP contribution in [0.5, 0.6) is 0 Å². The minimum atomic E-state index is -4.22. The highest BCUT2D eigenvalue weighted by atomic mass is 32.2. The fourth-order valence-corrected chi connectivity index (χ4v) is 5.46. The number of hydrogen-bond donors (Lipinski definition) is 1. The van der Waals surface area contributed by atoms with Crippen molar-refractivity contribution in [3.05, 3.63) is 106 Å². The number of benzene rings is 3. The molecular formula is C25H22FNO4S. The molecule has 0 spiro atoms. The quantitative estimate of drug-likeness (QED) is 0.573. The van der Waals surface area contributed by atoms with E-state index in [-0.39, 0.29) is 10.8 Å². The molecule has 0 aliphatic carbocycles. The van der Waals surface area contributed by atoms with Gasteiger partial charge in [-0.05, 0) is 53.4 Å². The maximum absolute atomic E-state index is 13.6. The number of carbonyl (C=O) groups excluding carboxylic acids is 1. The summed E-state index contributed by atoms with van der Waals surface area (Å²) in [5.41, 5.74) is 1.85. The zero-order valence-electron chi connectivity index (χ0n) is 17.6. The molecule has 3 aromatic carbocycles. The Morgan fingerprint density at radius 2 is 1.50 bits per heavy atom. The third-order valence-electron chi connectivity index (χ3n) is 5.53. The number of amides is 1. The molecule has 32 heavy (non-hydrogen) atoms. The molecule has 0 aromatic heterocycles. The van der Waals surface area contributed by atoms with E-state index in [0.717, 1.165) is 5.56 Å². The molecule has 7 heteroatoms. The average molecular weight is 452 g/mol. The lowest BCUT2D eigenvalue weighted by atomic mass is 10.0. The van der Waals surface area contributed by atoms with E-state index in [4.69, 9.17) is 0 Å². The van der Waals surface area contributed by atoms with Gasteiger partial charge in [0.2, 0.25) is 9.84 Å². The normalized spacial score (nSPS) is 16.8. The van der Waals surface area contributed by atoms with E-state index in [2.05, 4.69) is 0 Å². The molecular weight excluding hydrogens is 429 g/mol. The van der Waals surface area contributed by atoms with Gasteiger partial charge in [0, 0.05) is 5.69 Å². The van der Waals surface area contributed by atoms with Crippen molar-refractivity contribution in [1.82, 2.24) is 0 Å². The zero-order chi connectivity index (χ0) is 23.0. The van der Waals surface area contributed by atoms with Crippen LogP contribution in [0.15, 0.2) is 94.4 Å². The molecule has 0 radical (unpaired) electrons. The van der Waals surface area contributed by atoms with Gasteiger partial charge in [-0.15, -0.1) is 0 Å². The van der Waals surface area contributed by atoms with Crippen molar-refractivity contribution in [2.45, 2.75) is 30.7 Å². The zero-order valence-corrected chi connectivity index (χ0v) is 18.4. The van der Waals surface area contributed by atoms with Crippen molar-refractivity contribution >= 4 is 21.4 Å². The summed E-state index contributed by atoms with van der Waals surface area (Å²) in [6, 6.07) is 18.9. The van der Waals surface area contributed by atoms with Crippen LogP contribution in [0.1, 0.15) is 36.9 Å². The van der Waals surface area contributed by atoms with Crippen molar-refractivity contribution in [3.8, 4) is 0 Å². The monoisotopic (exact) mass is 451 g/mol. The Balaban J connectivity index is 1.90. The topological polar surface area (TPSA) is 74.7 Å². The molecule has 5 nitrogen and oxygen atoms in total. The van der Waals surface area contributed by atoms with E-state index in [0.29, 0.717) is 11.3 Å². The van der Waals surface area contributed by atoms with Gasteiger partial charge in [-0.3, -0.25) is 9.69 Å². The van der Waals surface area contributed by atoms with Crippen molar-refractivity contribution < 1.29 is 22.7 Å². The van der Waals surface area contributed by atoms with Gasteiger partial charge in [0.1, 0.15) is 16.8 Å². The Morgan fingerprint density at radius 1 is 0.906 bits per heavy atom. The summed E-state index contributed by atoms with van der Waals surface area (Å²) in [5.74, 6) is -1.89. The fourth-order valence-electron chi connectivity index (χ4n) is 3.82. The molecule has 164 valence electrons. The lowest BCUT2D eigenvalue weighted by Gasteiger charge is -2.27. The van der Waals surface area contributed by atoms with Gasteiger partial charge in [0.15, 0.2) is 5.76 Å². The molecule has 0 unspecified atom stereocenters. The standard InChI is InChI=1S/C25H22FNO4S/c1-16(2)17-10-14-20(15-11-17)27-22(18-8-12-19(26)13-9-18)24(23(28)25(27)29)32(30,31)21-6-4-3-5-7-21/h3-16,22,28H,1-2H3/t22-/m1/s1. The SMILES string of the molecule is CC(C)c1ccc(N2C(=O)C(O)=C(S(=O)(=O)c3ccccc3)[C@H]2c2ccc(F)cc2)cc1. The predicted molar refractivity (Wildman–Crippen MR) is 120 cm³/mol. The molecule has 0 saturated carbocycles. The average Bonchev–Trinajstić information content (AvgIpc) is 3.06. The molecule has 1 N–H and O–H groups in total. The molecule has 0 saturated heterocycles. The first-order valence-electron chi connectivity index (χ1n) is 10.1. The minimum absolute atomic E-state index is 0.0431. The first-order valence-corrected chi connectivity index (χ1v) is 11.6. The second kappa shape index (κ2) is 8.24. The number of rotatable bonds is 5. The van der Waals surface area contributed by atoms with Gasteiger partial charge in [-0.1, -0.05) is 56.3 Å². The summed E-state index contributed by atoms with van der Waals surface area (Å²) >= 11 is 0. The summed E-state index contributed by atoms with van der Waals surface area (Å²) < 4.78 is 40.6. The Hall–Kier alpha value is -3.45. The van der Waals surface area contributed by atoms with Crippen LogP contribution >= 0.6 is 0 Å². The van der Waals surface area contributed by atoms with E-state index >= 15 is 0 Å². The third kappa shape index (κ3) is 3.69. The summed E-state index contributed by atoms with van der Waals surface area (Å²) in [6.07, 6.45) is 0. The number of aliphatic hydroxyl groups excluding tert-OH is 1. The fraction of sp³-hybridized carbons (Fsp3) is 0.160. The molecule has 1 atom stereocenters. The second-order valence-electron chi connectivity index (χ2n) is 7.90. The molecule has 1 heterocycles. The van der Waals surface area contributed by atoms with Gasteiger partial charge in [0.05, 0.1) is 4.90 Å². The van der Waals surface area contributed by atoms with Crippen LogP contribution in [0.3, 0.4) is 0 Å². The van der Waals surface area contributed by atoms with Crippen LogP contribution in [0.2, 0.25) is 0 Å². The smallest absolute Gasteiger partial charge is 0.295 e. The second-order valence-corrected chi connectivity index (χ2v) is 9.82. The van der Waals surface area contributed by atoms with E-state index in [1.807, 2.05) is 26.0 Å². The van der Waals surface area contributed by atoms with Crippen LogP contribution < -0.4 is 4.90 Å². The highest BCUT2D eigenvalue weighted by molar-refractivity contribution is 7.95. The van der Waals surface area contributed by atoms with Crippen molar-refractivity contribution in [3.63, 3.8) is 0 Å². The largest absolute Gasteiger partial charge is 0.502 e. The number of carbonyl (C=O) groups is 1. The first-order chi connectivity index (χ1) is 15.2. The van der Waals surface area contributed by atoms with Crippen LogP contribution in [0.4, 0.5) is 10.1 Å². The third-order valence-corrected chi connectivity index (χ3v) is 7.42. The number of sulfone groups is 1. The summed E-state index contributed by atoms with van der Waals surface area (Å²) in [4.78, 5) is 13.9. The summed E-state index contributed by atoms with van der Waals surface area (Å²) in [7, 11) is -4.22. The van der Waals surface area contributed by atoms with E-state index in [1.165, 1.54) is 41.3 Å². The number of aliphatic hydroxyl groups is 1. The van der Waals surface area contributed by atoms with E-state index < -0.39 is 38.3 Å². The van der Waals surface area contributed by atoms with Crippen LogP contribution in [0.25, 0.3) is 0 Å². The van der Waals surface area contributed by atoms with Crippen LogP contribution in [-0.2, 0) is 14.6 Å². The molecule has 1 aliphatic heterocycles. The van der Waals surface area contributed by atoms with Gasteiger partial charge < -0.3 is 5.11 Å². The number of nitrogens with zero attached hydrogens (tertiary/aromatic N) is 1. The van der Waals surface area contributed by atoms with Crippen LogP contribution in [0, 0.1) is 5.82 Å². The highest BCUT2D eigenvalue weighted by Crippen LogP contribution is 2.44. The molecule has 0 fully saturated rings. The van der Waals surface area contributed by atoms with Crippen molar-refractivity contribution in [2.24, 2.45) is 0 Å². The van der Waals surface area contributed by atoms with Crippen molar-refractivity contribution in [2.75, 3.05) is 4.90 Å². The molecule has 0 bridgehead atoms. The maximum Gasteiger partial charge on any atom is 0.295 e. The molecule has 4 rings (SSSR count). The highest BCUT2D eigenvalue weighted by Gasteiger charge is 2.47. The summed E-state index contributed by atoms with van der Waals surface area (Å²) in [6.45, 7) is 4.07. The number of hydrogen-bond acceptors (Lipinski definition) is 4. The number of anilines is 1. The van der Waals surface area contributed by atoms with Gasteiger partial charge >= 0.3 is 0 Å². The molecule has 1 aliphatic rings. The van der Waals surface area contributed by atoms with Crippen molar-refractivity contribution in [1.29, 1.82) is 0 Å². The number of halogens is 1. The molecule has 3 aromatic rings. The lowest BCUT2D eigenvalue weighted by molar-refractivity contribution is -0.117. The van der Waals surface area contributed by atoms with E-state index in [9.17, 15) is 22.7 Å².